The van der Waals surface area contributed by atoms with Gasteiger partial charge in [0, 0.05) is 22.1 Å². The molecule has 2 atom stereocenters. The van der Waals surface area contributed by atoms with Crippen molar-refractivity contribution >= 4 is 23.2 Å². The second kappa shape index (κ2) is 6.39. The lowest BCUT2D eigenvalue weighted by Gasteiger charge is -2.20. The van der Waals surface area contributed by atoms with Gasteiger partial charge in [0.2, 0.25) is 0 Å². The van der Waals surface area contributed by atoms with Gasteiger partial charge in [0.25, 0.3) is 0 Å². The molecule has 0 heterocycles. The molecule has 0 bridgehead atoms. The third-order valence-corrected chi connectivity index (χ3v) is 4.57. The van der Waals surface area contributed by atoms with Gasteiger partial charge < -0.3 is 5.32 Å². The first-order valence-corrected chi connectivity index (χ1v) is 8.16. The van der Waals surface area contributed by atoms with Crippen molar-refractivity contribution in [3.05, 3.63) is 69.2 Å². The molecule has 110 valence electrons. The van der Waals surface area contributed by atoms with Crippen LogP contribution in [-0.4, -0.2) is 6.04 Å². The molecule has 21 heavy (non-hydrogen) atoms. The number of hydrogen-bond donors (Lipinski definition) is 1. The van der Waals surface area contributed by atoms with E-state index >= 15 is 0 Å². The molecule has 3 rings (SSSR count). The molecule has 2 unspecified atom stereocenters. The molecule has 0 aromatic heterocycles. The maximum Gasteiger partial charge on any atom is 0.0408 e. The van der Waals surface area contributed by atoms with Gasteiger partial charge in [-0.05, 0) is 67.1 Å². The molecule has 2 aromatic carbocycles. The topological polar surface area (TPSA) is 12.0 Å². The van der Waals surface area contributed by atoms with Crippen molar-refractivity contribution in [2.45, 2.75) is 38.3 Å². The molecule has 0 saturated heterocycles. The van der Waals surface area contributed by atoms with Crippen LogP contribution in [0, 0.1) is 0 Å². The van der Waals surface area contributed by atoms with E-state index in [1.165, 1.54) is 16.7 Å². The third-order valence-electron chi connectivity index (χ3n) is 4.10. The van der Waals surface area contributed by atoms with Crippen molar-refractivity contribution in [1.29, 1.82) is 0 Å². The van der Waals surface area contributed by atoms with Gasteiger partial charge in [-0.25, -0.2) is 0 Å². The Labute approximate surface area is 136 Å². The summed E-state index contributed by atoms with van der Waals surface area (Å²) in [5, 5.41) is 5.38. The van der Waals surface area contributed by atoms with Crippen LogP contribution in [0.4, 0.5) is 0 Å². The van der Waals surface area contributed by atoms with E-state index in [1.54, 1.807) is 0 Å². The molecule has 3 heteroatoms. The lowest BCUT2D eigenvalue weighted by Crippen LogP contribution is -2.31. The van der Waals surface area contributed by atoms with Crippen LogP contribution in [0.2, 0.25) is 10.0 Å². The first-order chi connectivity index (χ1) is 10.1. The summed E-state index contributed by atoms with van der Waals surface area (Å²) < 4.78 is 0. The summed E-state index contributed by atoms with van der Waals surface area (Å²) in [5.41, 5.74) is 4.06. The zero-order chi connectivity index (χ0) is 14.8. The monoisotopic (exact) mass is 319 g/mol. The van der Waals surface area contributed by atoms with Gasteiger partial charge in [0.15, 0.2) is 0 Å². The van der Waals surface area contributed by atoms with Crippen LogP contribution < -0.4 is 5.32 Å². The highest BCUT2D eigenvalue weighted by Gasteiger charge is 2.23. The second-order valence-electron chi connectivity index (χ2n) is 5.84. The van der Waals surface area contributed by atoms with E-state index in [1.807, 2.05) is 24.3 Å². The fourth-order valence-corrected chi connectivity index (χ4v) is 3.59. The smallest absolute Gasteiger partial charge is 0.0408 e. The molecule has 0 radical (unpaired) electrons. The quantitative estimate of drug-likeness (QED) is 0.816. The molecule has 0 amide bonds. The van der Waals surface area contributed by atoms with Crippen molar-refractivity contribution in [3.8, 4) is 0 Å². The lowest BCUT2D eigenvalue weighted by molar-refractivity contribution is 0.451. The van der Waals surface area contributed by atoms with Gasteiger partial charge in [0.05, 0.1) is 0 Å². The Morgan fingerprint density at radius 2 is 1.95 bits per heavy atom. The zero-order valence-electron chi connectivity index (χ0n) is 12.1. The number of rotatable bonds is 4. The van der Waals surface area contributed by atoms with Crippen LogP contribution in [0.15, 0.2) is 42.5 Å². The largest absolute Gasteiger partial charge is 0.307 e. The fourth-order valence-electron chi connectivity index (χ4n) is 3.18. The average Bonchev–Trinajstić information content (AvgIpc) is 2.81. The first-order valence-electron chi connectivity index (χ1n) is 7.40. The SMILES string of the molecule is CC(Cc1cccc(Cl)c1)NC1CCc2cc(Cl)ccc21. The van der Waals surface area contributed by atoms with Gasteiger partial charge in [0.1, 0.15) is 0 Å². The molecule has 1 aliphatic rings. The molecule has 0 fully saturated rings. The zero-order valence-corrected chi connectivity index (χ0v) is 13.6. The molecule has 2 aromatic rings. The highest BCUT2D eigenvalue weighted by molar-refractivity contribution is 6.30. The Morgan fingerprint density at radius 1 is 1.14 bits per heavy atom. The van der Waals surface area contributed by atoms with Crippen LogP contribution >= 0.6 is 23.2 Å². The molecule has 1 nitrogen and oxygen atoms in total. The minimum absolute atomic E-state index is 0.412. The Bertz CT molecular complexity index is 639. The standard InChI is InChI=1S/C18H19Cl2N/c1-12(9-13-3-2-4-15(19)10-13)21-18-8-5-14-11-16(20)6-7-17(14)18/h2-4,6-7,10-12,18,21H,5,8-9H2,1H3. The Morgan fingerprint density at radius 3 is 2.76 bits per heavy atom. The summed E-state index contributed by atoms with van der Waals surface area (Å²) in [6.07, 6.45) is 3.24. The van der Waals surface area contributed by atoms with Crippen molar-refractivity contribution < 1.29 is 0 Å². The molecular weight excluding hydrogens is 301 g/mol. The summed E-state index contributed by atoms with van der Waals surface area (Å²) >= 11 is 12.1. The van der Waals surface area contributed by atoms with E-state index < -0.39 is 0 Å². The normalized spacial score (nSPS) is 18.5. The minimum Gasteiger partial charge on any atom is -0.307 e. The molecule has 0 aliphatic heterocycles. The van der Waals surface area contributed by atoms with Gasteiger partial charge >= 0.3 is 0 Å². The number of benzene rings is 2. The third kappa shape index (κ3) is 3.60. The van der Waals surface area contributed by atoms with Gasteiger partial charge in [-0.15, -0.1) is 0 Å². The highest BCUT2D eigenvalue weighted by Crippen LogP contribution is 2.33. The summed E-state index contributed by atoms with van der Waals surface area (Å²) in [4.78, 5) is 0. The van der Waals surface area contributed by atoms with Gasteiger partial charge in [-0.1, -0.05) is 41.4 Å². The molecule has 1 N–H and O–H groups in total. The van der Waals surface area contributed by atoms with Crippen molar-refractivity contribution in [2.75, 3.05) is 0 Å². The molecule has 1 aliphatic carbocycles. The predicted molar refractivity (Wildman–Crippen MR) is 90.3 cm³/mol. The van der Waals surface area contributed by atoms with E-state index in [4.69, 9.17) is 23.2 Å². The number of hydrogen-bond acceptors (Lipinski definition) is 1. The van der Waals surface area contributed by atoms with E-state index in [9.17, 15) is 0 Å². The fraction of sp³-hybridized carbons (Fsp3) is 0.333. The lowest BCUT2D eigenvalue weighted by atomic mass is 10.0. The van der Waals surface area contributed by atoms with Gasteiger partial charge in [-0.3, -0.25) is 0 Å². The summed E-state index contributed by atoms with van der Waals surface area (Å²) in [7, 11) is 0. The highest BCUT2D eigenvalue weighted by atomic mass is 35.5. The van der Waals surface area contributed by atoms with Gasteiger partial charge in [-0.2, -0.15) is 0 Å². The van der Waals surface area contributed by atoms with E-state index in [2.05, 4.69) is 30.4 Å². The van der Waals surface area contributed by atoms with E-state index in [0.717, 1.165) is 29.3 Å². The van der Waals surface area contributed by atoms with Crippen molar-refractivity contribution in [3.63, 3.8) is 0 Å². The molecule has 0 saturated carbocycles. The average molecular weight is 320 g/mol. The first kappa shape index (κ1) is 14.9. The predicted octanol–water partition coefficient (Wildman–Crippen LogP) is 5.20. The van der Waals surface area contributed by atoms with Crippen LogP contribution in [0.25, 0.3) is 0 Å². The van der Waals surface area contributed by atoms with Crippen molar-refractivity contribution in [1.82, 2.24) is 5.32 Å². The number of aryl methyl sites for hydroxylation is 1. The number of fused-ring (bicyclic) bond motifs is 1. The Hall–Kier alpha value is -1.02. The minimum atomic E-state index is 0.412. The molecular formula is C18H19Cl2N. The van der Waals surface area contributed by atoms with Crippen LogP contribution in [0.3, 0.4) is 0 Å². The summed E-state index contributed by atoms with van der Waals surface area (Å²) in [5.74, 6) is 0. The second-order valence-corrected chi connectivity index (χ2v) is 6.71. The summed E-state index contributed by atoms with van der Waals surface area (Å²) in [6, 6.07) is 15.2. The number of halogens is 2. The number of nitrogens with one attached hydrogen (secondary N) is 1. The Kier molecular flexibility index (Phi) is 4.54. The van der Waals surface area contributed by atoms with Crippen LogP contribution in [0.5, 0.6) is 0 Å². The van der Waals surface area contributed by atoms with Crippen molar-refractivity contribution in [2.24, 2.45) is 0 Å². The summed E-state index contributed by atoms with van der Waals surface area (Å²) in [6.45, 7) is 2.23. The van der Waals surface area contributed by atoms with Crippen LogP contribution in [-0.2, 0) is 12.8 Å². The van der Waals surface area contributed by atoms with E-state index in [0.29, 0.717) is 12.1 Å². The van der Waals surface area contributed by atoms with Crippen LogP contribution in [0.1, 0.15) is 36.1 Å². The maximum absolute atomic E-state index is 6.07. The molecule has 0 spiro atoms. The Balaban J connectivity index is 1.65. The van der Waals surface area contributed by atoms with E-state index in [-0.39, 0.29) is 0 Å². The maximum atomic E-state index is 6.07.